The molecule has 2 N–H and O–H groups in total. The van der Waals surface area contributed by atoms with Crippen molar-refractivity contribution < 1.29 is 9.53 Å². The van der Waals surface area contributed by atoms with E-state index in [-0.39, 0.29) is 12.5 Å². The van der Waals surface area contributed by atoms with Crippen molar-refractivity contribution >= 4 is 35.1 Å². The SMILES string of the molecule is CC1=C(C(=O)NCc2ccccc2)[C@H](c2cccc(OCc3ccc(Cl)cc3Cl)c2)n2ncnc2N1. The van der Waals surface area contributed by atoms with Crippen LogP contribution in [0.4, 0.5) is 5.95 Å². The molecule has 0 unspecified atom stereocenters. The normalized spacial score (nSPS) is 14.7. The highest BCUT2D eigenvalue weighted by atomic mass is 35.5. The second kappa shape index (κ2) is 10.4. The number of halogens is 2. The first kappa shape index (κ1) is 23.9. The number of anilines is 1. The summed E-state index contributed by atoms with van der Waals surface area (Å²) in [6.45, 7) is 2.56. The summed E-state index contributed by atoms with van der Waals surface area (Å²) in [5, 5.41) is 11.7. The molecule has 1 amide bonds. The molecule has 5 rings (SSSR count). The van der Waals surface area contributed by atoms with Gasteiger partial charge >= 0.3 is 0 Å². The monoisotopic (exact) mass is 519 g/mol. The Morgan fingerprint density at radius 3 is 2.72 bits per heavy atom. The van der Waals surface area contributed by atoms with Crippen molar-refractivity contribution in [3.63, 3.8) is 0 Å². The summed E-state index contributed by atoms with van der Waals surface area (Å²) in [5.74, 6) is 1.02. The number of rotatable bonds is 7. The summed E-state index contributed by atoms with van der Waals surface area (Å²) in [6, 6.07) is 22.2. The highest BCUT2D eigenvalue weighted by molar-refractivity contribution is 6.35. The number of amides is 1. The Hall–Kier alpha value is -3.81. The van der Waals surface area contributed by atoms with Crippen molar-refractivity contribution in [3.8, 4) is 5.75 Å². The molecule has 1 aromatic heterocycles. The van der Waals surface area contributed by atoms with Crippen LogP contribution in [-0.4, -0.2) is 20.7 Å². The molecule has 1 atom stereocenters. The third kappa shape index (κ3) is 5.08. The van der Waals surface area contributed by atoms with Crippen LogP contribution in [0.15, 0.2) is 90.4 Å². The van der Waals surface area contributed by atoms with Gasteiger partial charge in [0.1, 0.15) is 24.7 Å². The molecule has 2 heterocycles. The van der Waals surface area contributed by atoms with Gasteiger partial charge in [-0.2, -0.15) is 10.1 Å². The summed E-state index contributed by atoms with van der Waals surface area (Å²) in [6.07, 6.45) is 1.47. The second-order valence-corrected chi connectivity index (χ2v) is 9.20. The number of allylic oxidation sites excluding steroid dienone is 1. The summed E-state index contributed by atoms with van der Waals surface area (Å²) >= 11 is 12.3. The van der Waals surface area contributed by atoms with Gasteiger partial charge in [-0.15, -0.1) is 0 Å². The Labute approximate surface area is 218 Å². The Morgan fingerprint density at radius 2 is 1.92 bits per heavy atom. The lowest BCUT2D eigenvalue weighted by Crippen LogP contribution is -2.34. The Balaban J connectivity index is 1.42. The predicted molar refractivity (Wildman–Crippen MR) is 140 cm³/mol. The first-order valence-electron chi connectivity index (χ1n) is 11.4. The van der Waals surface area contributed by atoms with Gasteiger partial charge in [0.2, 0.25) is 5.95 Å². The molecule has 0 saturated heterocycles. The van der Waals surface area contributed by atoms with Crippen molar-refractivity contribution in [2.45, 2.75) is 26.1 Å². The van der Waals surface area contributed by atoms with Crippen LogP contribution in [0.1, 0.15) is 29.7 Å². The summed E-state index contributed by atoms with van der Waals surface area (Å²) in [5.41, 5.74) is 3.95. The van der Waals surface area contributed by atoms with E-state index in [9.17, 15) is 4.79 Å². The minimum Gasteiger partial charge on any atom is -0.489 e. The molecule has 1 aliphatic heterocycles. The topological polar surface area (TPSA) is 81.1 Å². The number of nitrogens with one attached hydrogen (secondary N) is 2. The fourth-order valence-corrected chi connectivity index (χ4v) is 4.60. The molecule has 3 aromatic carbocycles. The van der Waals surface area contributed by atoms with Gasteiger partial charge in [0.15, 0.2) is 0 Å². The van der Waals surface area contributed by atoms with Crippen molar-refractivity contribution in [2.24, 2.45) is 0 Å². The van der Waals surface area contributed by atoms with Gasteiger partial charge in [-0.3, -0.25) is 4.79 Å². The number of carbonyl (C=O) groups is 1. The van der Waals surface area contributed by atoms with Crippen molar-refractivity contribution in [1.29, 1.82) is 0 Å². The zero-order valence-corrected chi connectivity index (χ0v) is 20.9. The van der Waals surface area contributed by atoms with E-state index < -0.39 is 6.04 Å². The molecule has 182 valence electrons. The lowest BCUT2D eigenvalue weighted by atomic mass is 9.95. The smallest absolute Gasteiger partial charge is 0.251 e. The molecular weight excluding hydrogens is 497 g/mol. The van der Waals surface area contributed by atoms with Crippen LogP contribution in [0, 0.1) is 0 Å². The van der Waals surface area contributed by atoms with E-state index in [1.807, 2.05) is 67.6 Å². The fourth-order valence-electron chi connectivity index (χ4n) is 4.14. The van der Waals surface area contributed by atoms with Crippen LogP contribution in [0.3, 0.4) is 0 Å². The van der Waals surface area contributed by atoms with Gasteiger partial charge in [-0.1, -0.05) is 71.7 Å². The summed E-state index contributed by atoms with van der Waals surface area (Å²) in [7, 11) is 0. The van der Waals surface area contributed by atoms with E-state index in [2.05, 4.69) is 20.7 Å². The second-order valence-electron chi connectivity index (χ2n) is 8.36. The van der Waals surface area contributed by atoms with E-state index in [1.165, 1.54) is 6.33 Å². The van der Waals surface area contributed by atoms with Gasteiger partial charge in [0.05, 0.1) is 5.57 Å². The molecule has 0 spiro atoms. The van der Waals surface area contributed by atoms with Crippen LogP contribution in [-0.2, 0) is 17.9 Å². The fraction of sp³-hybridized carbons (Fsp3) is 0.148. The third-order valence-electron chi connectivity index (χ3n) is 5.92. The van der Waals surface area contributed by atoms with Crippen LogP contribution >= 0.6 is 23.2 Å². The lowest BCUT2D eigenvalue weighted by Gasteiger charge is -2.29. The molecule has 0 bridgehead atoms. The summed E-state index contributed by atoms with van der Waals surface area (Å²) in [4.78, 5) is 17.7. The number of hydrogen-bond acceptors (Lipinski definition) is 5. The van der Waals surface area contributed by atoms with Crippen molar-refractivity contribution in [2.75, 3.05) is 5.32 Å². The average molecular weight is 520 g/mol. The van der Waals surface area contributed by atoms with E-state index in [4.69, 9.17) is 27.9 Å². The molecular formula is C27H23Cl2N5O2. The summed E-state index contributed by atoms with van der Waals surface area (Å²) < 4.78 is 7.74. The minimum atomic E-state index is -0.484. The zero-order valence-electron chi connectivity index (χ0n) is 19.4. The van der Waals surface area contributed by atoms with Crippen molar-refractivity contribution in [3.05, 3.63) is 117 Å². The average Bonchev–Trinajstić information content (AvgIpc) is 3.35. The molecule has 0 aliphatic carbocycles. The molecule has 0 saturated carbocycles. The number of benzene rings is 3. The van der Waals surface area contributed by atoms with Crippen LogP contribution in [0.5, 0.6) is 5.75 Å². The highest BCUT2D eigenvalue weighted by Gasteiger charge is 2.33. The van der Waals surface area contributed by atoms with Crippen molar-refractivity contribution in [1.82, 2.24) is 20.1 Å². The van der Waals surface area contributed by atoms with Crippen LogP contribution < -0.4 is 15.4 Å². The maximum absolute atomic E-state index is 13.4. The largest absolute Gasteiger partial charge is 0.489 e. The minimum absolute atomic E-state index is 0.186. The lowest BCUT2D eigenvalue weighted by molar-refractivity contribution is -0.118. The third-order valence-corrected chi connectivity index (χ3v) is 6.51. The number of aromatic nitrogens is 3. The molecule has 1 aliphatic rings. The molecule has 4 aromatic rings. The predicted octanol–water partition coefficient (Wildman–Crippen LogP) is 5.77. The zero-order chi connectivity index (χ0) is 25.1. The van der Waals surface area contributed by atoms with E-state index in [0.717, 1.165) is 16.7 Å². The molecule has 9 heteroatoms. The molecule has 7 nitrogen and oxygen atoms in total. The molecule has 0 fully saturated rings. The van der Waals surface area contributed by atoms with E-state index in [0.29, 0.717) is 39.6 Å². The standard InChI is InChI=1S/C27H23Cl2N5O2/c1-17-24(26(35)30-14-18-6-3-2-4-7-18)25(34-27(33-17)31-16-32-34)19-8-5-9-22(12-19)36-15-20-10-11-21(28)13-23(20)29/h2-13,16,25H,14-15H2,1H3,(H,30,35)(H,31,32,33)/t25-/m0/s1. The number of carbonyl (C=O) groups excluding carboxylic acids is 1. The Kier molecular flexibility index (Phi) is 6.93. The first-order chi connectivity index (χ1) is 17.5. The first-order valence-corrected chi connectivity index (χ1v) is 12.1. The van der Waals surface area contributed by atoms with E-state index in [1.54, 1.807) is 16.8 Å². The molecule has 0 radical (unpaired) electrons. The Bertz CT molecular complexity index is 1440. The van der Waals surface area contributed by atoms with Gasteiger partial charge in [-0.05, 0) is 42.3 Å². The number of hydrogen-bond donors (Lipinski definition) is 2. The van der Waals surface area contributed by atoms with Gasteiger partial charge < -0.3 is 15.4 Å². The maximum Gasteiger partial charge on any atom is 0.251 e. The van der Waals surface area contributed by atoms with Gasteiger partial charge in [0, 0.05) is 27.9 Å². The van der Waals surface area contributed by atoms with Gasteiger partial charge in [0.25, 0.3) is 5.91 Å². The number of fused-ring (bicyclic) bond motifs is 1. The number of ether oxygens (including phenoxy) is 1. The maximum atomic E-state index is 13.4. The van der Waals surface area contributed by atoms with Crippen LogP contribution in [0.25, 0.3) is 0 Å². The highest BCUT2D eigenvalue weighted by Crippen LogP contribution is 2.36. The van der Waals surface area contributed by atoms with Crippen LogP contribution in [0.2, 0.25) is 10.0 Å². The van der Waals surface area contributed by atoms with E-state index >= 15 is 0 Å². The Morgan fingerprint density at radius 1 is 1.08 bits per heavy atom. The number of nitrogens with zero attached hydrogens (tertiary/aromatic N) is 3. The van der Waals surface area contributed by atoms with Gasteiger partial charge in [-0.25, -0.2) is 4.68 Å². The quantitative estimate of drug-likeness (QED) is 0.324. The molecule has 36 heavy (non-hydrogen) atoms.